The smallest absolute Gasteiger partial charge is 0.257 e. The number of hydrogen-bond donors (Lipinski definition) is 2. The second-order valence-electron chi connectivity index (χ2n) is 4.98. The van der Waals surface area contributed by atoms with Crippen LogP contribution in [0, 0.1) is 0 Å². The van der Waals surface area contributed by atoms with Crippen molar-refractivity contribution in [3.63, 3.8) is 0 Å². The van der Waals surface area contributed by atoms with Crippen LogP contribution >= 0.6 is 0 Å². The number of benzene rings is 2. The molecule has 0 aliphatic carbocycles. The van der Waals surface area contributed by atoms with Crippen LogP contribution in [0.3, 0.4) is 0 Å². The van der Waals surface area contributed by atoms with Crippen molar-refractivity contribution in [2.24, 2.45) is 5.73 Å². The molecule has 2 aromatic carbocycles. The standard InChI is InChI=1S/C15H16N2O2/c16-11-7-8-17(9-11)15(19)13-6-5-10-3-1-2-4-12(10)14(13)18/h1-6,11,18H,7-9,16H2/t11-/m0/s1. The lowest BCUT2D eigenvalue weighted by Crippen LogP contribution is -2.31. The molecule has 0 radical (unpaired) electrons. The van der Waals surface area contributed by atoms with Crippen LogP contribution in [0.25, 0.3) is 10.8 Å². The average molecular weight is 256 g/mol. The van der Waals surface area contributed by atoms with Crippen molar-refractivity contribution >= 4 is 16.7 Å². The minimum Gasteiger partial charge on any atom is -0.506 e. The number of hydrogen-bond acceptors (Lipinski definition) is 3. The number of fused-ring (bicyclic) bond motifs is 1. The molecule has 3 rings (SSSR count). The van der Waals surface area contributed by atoms with E-state index in [1.54, 1.807) is 11.0 Å². The van der Waals surface area contributed by atoms with Crippen LogP contribution in [0.2, 0.25) is 0 Å². The summed E-state index contributed by atoms with van der Waals surface area (Å²) in [4.78, 5) is 14.1. The molecule has 2 aromatic rings. The maximum Gasteiger partial charge on any atom is 0.257 e. The topological polar surface area (TPSA) is 66.6 Å². The Labute approximate surface area is 111 Å². The van der Waals surface area contributed by atoms with Gasteiger partial charge in [-0.05, 0) is 17.9 Å². The molecule has 1 amide bonds. The van der Waals surface area contributed by atoms with Crippen LogP contribution < -0.4 is 5.73 Å². The number of amides is 1. The molecule has 1 aliphatic heterocycles. The van der Waals surface area contributed by atoms with E-state index in [-0.39, 0.29) is 17.7 Å². The lowest BCUT2D eigenvalue weighted by molar-refractivity contribution is 0.0788. The Morgan fingerprint density at radius 3 is 2.79 bits per heavy atom. The van der Waals surface area contributed by atoms with E-state index in [0.717, 1.165) is 11.8 Å². The van der Waals surface area contributed by atoms with Crippen molar-refractivity contribution in [2.75, 3.05) is 13.1 Å². The van der Waals surface area contributed by atoms with Crippen molar-refractivity contribution in [3.05, 3.63) is 42.0 Å². The van der Waals surface area contributed by atoms with Crippen molar-refractivity contribution in [1.29, 1.82) is 0 Å². The van der Waals surface area contributed by atoms with Crippen molar-refractivity contribution < 1.29 is 9.90 Å². The number of nitrogens with two attached hydrogens (primary N) is 1. The van der Waals surface area contributed by atoms with E-state index in [4.69, 9.17) is 5.73 Å². The highest BCUT2D eigenvalue weighted by atomic mass is 16.3. The van der Waals surface area contributed by atoms with Gasteiger partial charge in [0.2, 0.25) is 0 Å². The normalized spacial score (nSPS) is 19.0. The first kappa shape index (κ1) is 12.0. The molecule has 0 aromatic heterocycles. The summed E-state index contributed by atoms with van der Waals surface area (Å²) in [6.45, 7) is 1.22. The number of carbonyl (C=O) groups is 1. The van der Waals surface area contributed by atoms with Gasteiger partial charge in [0.05, 0.1) is 5.56 Å². The fourth-order valence-electron chi connectivity index (χ4n) is 2.57. The van der Waals surface area contributed by atoms with Gasteiger partial charge in [0.25, 0.3) is 5.91 Å². The van der Waals surface area contributed by atoms with E-state index in [9.17, 15) is 9.90 Å². The quantitative estimate of drug-likeness (QED) is 0.816. The fraction of sp³-hybridized carbons (Fsp3) is 0.267. The Hall–Kier alpha value is -2.07. The van der Waals surface area contributed by atoms with Crippen molar-refractivity contribution in [3.8, 4) is 5.75 Å². The van der Waals surface area contributed by atoms with Crippen molar-refractivity contribution in [1.82, 2.24) is 4.90 Å². The average Bonchev–Trinajstić information content (AvgIpc) is 2.85. The van der Waals surface area contributed by atoms with Crippen LogP contribution in [0.4, 0.5) is 0 Å². The summed E-state index contributed by atoms with van der Waals surface area (Å²) in [5.74, 6) is -0.0835. The first-order valence-corrected chi connectivity index (χ1v) is 6.42. The molecule has 4 nitrogen and oxygen atoms in total. The second kappa shape index (κ2) is 4.55. The maximum atomic E-state index is 12.4. The molecule has 1 heterocycles. The summed E-state index contributed by atoms with van der Waals surface area (Å²) in [5.41, 5.74) is 6.17. The van der Waals surface area contributed by atoms with Gasteiger partial charge in [0, 0.05) is 24.5 Å². The zero-order chi connectivity index (χ0) is 13.4. The predicted octanol–water partition coefficient (Wildman–Crippen LogP) is 1.72. The van der Waals surface area contributed by atoms with E-state index >= 15 is 0 Å². The number of aromatic hydroxyl groups is 1. The molecule has 1 atom stereocenters. The monoisotopic (exact) mass is 256 g/mol. The first-order valence-electron chi connectivity index (χ1n) is 6.42. The van der Waals surface area contributed by atoms with Crippen LogP contribution in [0.5, 0.6) is 5.75 Å². The molecular formula is C15H16N2O2. The molecule has 4 heteroatoms. The summed E-state index contributed by atoms with van der Waals surface area (Å²) in [5, 5.41) is 11.9. The molecule has 19 heavy (non-hydrogen) atoms. The Morgan fingerprint density at radius 1 is 1.26 bits per heavy atom. The largest absolute Gasteiger partial charge is 0.506 e. The molecule has 0 spiro atoms. The Morgan fingerprint density at radius 2 is 2.05 bits per heavy atom. The van der Waals surface area contributed by atoms with Gasteiger partial charge in [-0.3, -0.25) is 4.79 Å². The lowest BCUT2D eigenvalue weighted by Gasteiger charge is -2.17. The van der Waals surface area contributed by atoms with E-state index in [0.29, 0.717) is 24.0 Å². The third-order valence-electron chi connectivity index (χ3n) is 3.64. The van der Waals surface area contributed by atoms with E-state index in [1.807, 2.05) is 30.3 Å². The third kappa shape index (κ3) is 2.04. The number of likely N-dealkylation sites (tertiary alicyclic amines) is 1. The van der Waals surface area contributed by atoms with Gasteiger partial charge in [0.1, 0.15) is 5.75 Å². The van der Waals surface area contributed by atoms with E-state index in [1.165, 1.54) is 0 Å². The summed E-state index contributed by atoms with van der Waals surface area (Å²) in [6, 6.07) is 11.1. The highest BCUT2D eigenvalue weighted by molar-refractivity contribution is 6.03. The zero-order valence-electron chi connectivity index (χ0n) is 10.5. The van der Waals surface area contributed by atoms with Crippen LogP contribution in [-0.2, 0) is 0 Å². The Bertz CT molecular complexity index is 639. The number of nitrogens with zero attached hydrogens (tertiary/aromatic N) is 1. The predicted molar refractivity (Wildman–Crippen MR) is 74.1 cm³/mol. The minimum absolute atomic E-state index is 0.0477. The maximum absolute atomic E-state index is 12.4. The van der Waals surface area contributed by atoms with Gasteiger partial charge in [-0.2, -0.15) is 0 Å². The second-order valence-corrected chi connectivity index (χ2v) is 4.98. The Kier molecular flexibility index (Phi) is 2.87. The number of phenolic OH excluding ortho intramolecular Hbond substituents is 1. The summed E-state index contributed by atoms with van der Waals surface area (Å²) in [7, 11) is 0. The molecule has 1 fully saturated rings. The molecular weight excluding hydrogens is 240 g/mol. The summed E-state index contributed by atoms with van der Waals surface area (Å²) >= 11 is 0. The highest BCUT2D eigenvalue weighted by Gasteiger charge is 2.26. The van der Waals surface area contributed by atoms with Gasteiger partial charge in [0.15, 0.2) is 0 Å². The van der Waals surface area contributed by atoms with Gasteiger partial charge in [-0.15, -0.1) is 0 Å². The third-order valence-corrected chi connectivity index (χ3v) is 3.64. The van der Waals surface area contributed by atoms with Gasteiger partial charge in [-0.25, -0.2) is 0 Å². The van der Waals surface area contributed by atoms with Gasteiger partial charge < -0.3 is 15.7 Å². The minimum atomic E-state index is -0.142. The molecule has 1 saturated heterocycles. The fourth-order valence-corrected chi connectivity index (χ4v) is 2.57. The zero-order valence-corrected chi connectivity index (χ0v) is 10.5. The summed E-state index contributed by atoms with van der Waals surface area (Å²) in [6.07, 6.45) is 0.820. The number of carbonyl (C=O) groups excluding carboxylic acids is 1. The van der Waals surface area contributed by atoms with E-state index < -0.39 is 0 Å². The Balaban J connectivity index is 2.01. The molecule has 0 unspecified atom stereocenters. The molecule has 98 valence electrons. The van der Waals surface area contributed by atoms with Crippen LogP contribution in [0.1, 0.15) is 16.8 Å². The van der Waals surface area contributed by atoms with E-state index in [2.05, 4.69) is 0 Å². The molecule has 3 N–H and O–H groups in total. The van der Waals surface area contributed by atoms with Gasteiger partial charge >= 0.3 is 0 Å². The number of rotatable bonds is 1. The van der Waals surface area contributed by atoms with Crippen LogP contribution in [0.15, 0.2) is 36.4 Å². The molecule has 0 saturated carbocycles. The summed E-state index contributed by atoms with van der Waals surface area (Å²) < 4.78 is 0. The van der Waals surface area contributed by atoms with Crippen molar-refractivity contribution in [2.45, 2.75) is 12.5 Å². The van der Waals surface area contributed by atoms with Gasteiger partial charge in [-0.1, -0.05) is 30.3 Å². The lowest BCUT2D eigenvalue weighted by atomic mass is 10.0. The molecule has 0 bridgehead atoms. The first-order chi connectivity index (χ1) is 9.16. The SMILES string of the molecule is N[C@H]1CCN(C(=O)c2ccc3ccccc3c2O)C1. The van der Waals surface area contributed by atoms with Crippen LogP contribution in [-0.4, -0.2) is 35.0 Å². The highest BCUT2D eigenvalue weighted by Crippen LogP contribution is 2.30. The molecule has 1 aliphatic rings. The number of phenols is 1.